The van der Waals surface area contributed by atoms with Gasteiger partial charge in [-0.25, -0.2) is 14.2 Å². The van der Waals surface area contributed by atoms with E-state index in [1.807, 2.05) is 0 Å². The van der Waals surface area contributed by atoms with Gasteiger partial charge in [0.1, 0.15) is 10.7 Å². The van der Waals surface area contributed by atoms with E-state index >= 15 is 0 Å². The molecule has 104 valence electrons. The highest BCUT2D eigenvalue weighted by atomic mass is 32.1. The lowest BCUT2D eigenvalue weighted by atomic mass is 10.3. The first-order chi connectivity index (χ1) is 9.51. The van der Waals surface area contributed by atoms with Crippen LogP contribution >= 0.6 is 11.3 Å². The lowest BCUT2D eigenvalue weighted by Gasteiger charge is -2.01. The number of nitrogens with zero attached hydrogens (tertiary/aromatic N) is 1. The Morgan fingerprint density at radius 2 is 1.95 bits per heavy atom. The van der Waals surface area contributed by atoms with Crippen molar-refractivity contribution in [3.8, 4) is 0 Å². The van der Waals surface area contributed by atoms with Crippen molar-refractivity contribution in [2.45, 2.75) is 6.92 Å². The van der Waals surface area contributed by atoms with Crippen molar-refractivity contribution in [1.29, 1.82) is 0 Å². The number of rotatable bonds is 4. The van der Waals surface area contributed by atoms with Gasteiger partial charge >= 0.3 is 5.97 Å². The quantitative estimate of drug-likeness (QED) is 0.693. The molecule has 1 aromatic heterocycles. The van der Waals surface area contributed by atoms with Gasteiger partial charge in [0, 0.05) is 12.6 Å². The molecular weight excluding hydrogens is 283 g/mol. The number of benzene rings is 1. The molecule has 1 N–H and O–H groups in total. The molecule has 5 nitrogen and oxygen atoms in total. The minimum atomic E-state index is -0.668. The molecule has 0 saturated carbocycles. The number of thiazole rings is 1. The van der Waals surface area contributed by atoms with E-state index in [2.05, 4.69) is 15.0 Å². The maximum absolute atomic E-state index is 12.8. The number of methoxy groups -OCH3 is 1. The Hall–Kier alpha value is -2.28. The Balaban J connectivity index is 2.31. The molecule has 1 heterocycles. The second-order valence-electron chi connectivity index (χ2n) is 3.88. The third kappa shape index (κ3) is 3.00. The number of ether oxygens (including phenoxy) is 1. The number of nitrogens with one attached hydrogen (secondary N) is 1. The average Bonchev–Trinajstić information content (AvgIpc) is 2.84. The third-order valence-electron chi connectivity index (χ3n) is 2.42. The highest BCUT2D eigenvalue weighted by molar-refractivity contribution is 7.17. The molecule has 1 aromatic carbocycles. The van der Waals surface area contributed by atoms with Gasteiger partial charge < -0.3 is 10.1 Å². The van der Waals surface area contributed by atoms with E-state index < -0.39 is 5.97 Å². The van der Waals surface area contributed by atoms with Crippen molar-refractivity contribution in [2.75, 3.05) is 12.4 Å². The number of hydrogen-bond donors (Lipinski definition) is 1. The Labute approximate surface area is 118 Å². The summed E-state index contributed by atoms with van der Waals surface area (Å²) >= 11 is 1.04. The largest absolute Gasteiger partial charge is 0.464 e. The summed E-state index contributed by atoms with van der Waals surface area (Å²) < 4.78 is 17.4. The van der Waals surface area contributed by atoms with Gasteiger partial charge in [0.05, 0.1) is 7.11 Å². The zero-order valence-electron chi connectivity index (χ0n) is 10.8. The molecule has 0 atom stereocenters. The van der Waals surface area contributed by atoms with Crippen LogP contribution in [0.2, 0.25) is 0 Å². The van der Waals surface area contributed by atoms with E-state index in [9.17, 15) is 14.0 Å². The van der Waals surface area contributed by atoms with Crippen molar-refractivity contribution >= 4 is 33.9 Å². The molecular formula is C13H11FN2O3S. The first-order valence-electron chi connectivity index (χ1n) is 5.64. The Kier molecular flexibility index (Phi) is 4.09. The summed E-state index contributed by atoms with van der Waals surface area (Å²) in [5, 5.41) is 3.27. The predicted molar refractivity (Wildman–Crippen MR) is 73.1 cm³/mol. The van der Waals surface area contributed by atoms with Gasteiger partial charge in [-0.15, -0.1) is 0 Å². The highest BCUT2D eigenvalue weighted by Gasteiger charge is 2.21. The molecule has 2 rings (SSSR count). The number of esters is 1. The smallest absolute Gasteiger partial charge is 0.358 e. The summed E-state index contributed by atoms with van der Waals surface area (Å²) in [6.45, 7) is 1.35. The number of ketones is 1. The van der Waals surface area contributed by atoms with Crippen LogP contribution in [0.3, 0.4) is 0 Å². The number of carbonyl (C=O) groups excluding carboxylic acids is 2. The summed E-state index contributed by atoms with van der Waals surface area (Å²) in [5.41, 5.74) is 0.585. The molecule has 0 unspecified atom stereocenters. The summed E-state index contributed by atoms with van der Waals surface area (Å²) in [6.07, 6.45) is 0. The Bertz CT molecular complexity index is 652. The van der Waals surface area contributed by atoms with Gasteiger partial charge in [0.15, 0.2) is 16.6 Å². The number of carbonyl (C=O) groups is 2. The second kappa shape index (κ2) is 5.79. The van der Waals surface area contributed by atoms with Crippen LogP contribution in [0.15, 0.2) is 24.3 Å². The summed E-state index contributed by atoms with van der Waals surface area (Å²) in [6, 6.07) is 5.65. The van der Waals surface area contributed by atoms with E-state index in [1.54, 1.807) is 0 Å². The fourth-order valence-corrected chi connectivity index (χ4v) is 2.37. The molecule has 0 aliphatic heterocycles. The van der Waals surface area contributed by atoms with Crippen LogP contribution in [-0.2, 0) is 4.74 Å². The topological polar surface area (TPSA) is 68.3 Å². The minimum absolute atomic E-state index is 0.0189. The van der Waals surface area contributed by atoms with Crippen molar-refractivity contribution < 1.29 is 18.7 Å². The van der Waals surface area contributed by atoms with Gasteiger partial charge in [0.2, 0.25) is 0 Å². The van der Waals surface area contributed by atoms with Gasteiger partial charge in [-0.3, -0.25) is 4.79 Å². The van der Waals surface area contributed by atoms with Gasteiger partial charge in [0.25, 0.3) is 0 Å². The first kappa shape index (κ1) is 14.1. The van der Waals surface area contributed by atoms with Crippen LogP contribution < -0.4 is 5.32 Å². The Morgan fingerprint density at radius 1 is 1.30 bits per heavy atom. The molecule has 0 spiro atoms. The number of Topliss-reactive ketones (excluding diaryl/α,β-unsaturated/α-hetero) is 1. The molecule has 0 aliphatic carbocycles. The zero-order valence-corrected chi connectivity index (χ0v) is 11.6. The zero-order chi connectivity index (χ0) is 14.7. The van der Waals surface area contributed by atoms with Gasteiger partial charge in [-0.05, 0) is 24.3 Å². The molecule has 0 radical (unpaired) electrons. The SMILES string of the molecule is COC(=O)c1nc(Nc2ccc(F)cc2)sc1C(C)=O. The van der Waals surface area contributed by atoms with Crippen molar-refractivity contribution in [3.63, 3.8) is 0 Å². The van der Waals surface area contributed by atoms with Crippen LogP contribution in [0.1, 0.15) is 27.1 Å². The predicted octanol–water partition coefficient (Wildman–Crippen LogP) is 3.02. The normalized spacial score (nSPS) is 10.2. The fraction of sp³-hybridized carbons (Fsp3) is 0.154. The first-order valence-corrected chi connectivity index (χ1v) is 6.45. The minimum Gasteiger partial charge on any atom is -0.464 e. The molecule has 20 heavy (non-hydrogen) atoms. The van der Waals surface area contributed by atoms with Crippen LogP contribution in [0.5, 0.6) is 0 Å². The van der Waals surface area contributed by atoms with Crippen molar-refractivity contribution in [1.82, 2.24) is 4.98 Å². The van der Waals surface area contributed by atoms with Crippen molar-refractivity contribution in [2.24, 2.45) is 0 Å². The lowest BCUT2D eigenvalue weighted by molar-refractivity contribution is 0.0591. The molecule has 0 fully saturated rings. The summed E-state index contributed by atoms with van der Waals surface area (Å²) in [5.74, 6) is -1.29. The van der Waals surface area contributed by atoms with Gasteiger partial charge in [-0.2, -0.15) is 0 Å². The monoisotopic (exact) mass is 294 g/mol. The lowest BCUT2D eigenvalue weighted by Crippen LogP contribution is -2.07. The molecule has 0 aliphatic rings. The van der Waals surface area contributed by atoms with Crippen LogP contribution in [0, 0.1) is 5.82 Å². The maximum atomic E-state index is 12.8. The number of halogens is 1. The Morgan fingerprint density at radius 3 is 2.50 bits per heavy atom. The maximum Gasteiger partial charge on any atom is 0.358 e. The number of hydrogen-bond acceptors (Lipinski definition) is 6. The van der Waals surface area contributed by atoms with E-state index in [4.69, 9.17) is 0 Å². The van der Waals surface area contributed by atoms with Crippen LogP contribution in [0.25, 0.3) is 0 Å². The van der Waals surface area contributed by atoms with Crippen LogP contribution in [0.4, 0.5) is 15.2 Å². The van der Waals surface area contributed by atoms with Crippen molar-refractivity contribution in [3.05, 3.63) is 40.7 Å². The van der Waals surface area contributed by atoms with E-state index in [-0.39, 0.29) is 22.2 Å². The standard InChI is InChI=1S/C13H11FN2O3S/c1-7(17)11-10(12(18)19-2)16-13(20-11)15-9-5-3-8(14)4-6-9/h3-6H,1-2H3,(H,15,16). The fourth-order valence-electron chi connectivity index (χ4n) is 1.50. The second-order valence-corrected chi connectivity index (χ2v) is 4.88. The number of anilines is 2. The van der Waals surface area contributed by atoms with E-state index in [1.165, 1.54) is 38.3 Å². The average molecular weight is 294 g/mol. The van der Waals surface area contributed by atoms with Crippen LogP contribution in [-0.4, -0.2) is 23.8 Å². The van der Waals surface area contributed by atoms with Gasteiger partial charge in [-0.1, -0.05) is 11.3 Å². The highest BCUT2D eigenvalue weighted by Crippen LogP contribution is 2.27. The number of aromatic nitrogens is 1. The van der Waals surface area contributed by atoms with E-state index in [0.29, 0.717) is 10.8 Å². The molecule has 2 aromatic rings. The molecule has 0 saturated heterocycles. The summed E-state index contributed by atoms with van der Waals surface area (Å²) in [7, 11) is 1.22. The molecule has 0 amide bonds. The van der Waals surface area contributed by atoms with E-state index in [0.717, 1.165) is 11.3 Å². The third-order valence-corrected chi connectivity index (χ3v) is 3.49. The molecule has 7 heteroatoms. The molecule has 0 bridgehead atoms. The summed E-state index contributed by atoms with van der Waals surface area (Å²) in [4.78, 5) is 27.3.